The van der Waals surface area contributed by atoms with Gasteiger partial charge in [0.05, 0.1) is 16.9 Å². The lowest BCUT2D eigenvalue weighted by Crippen LogP contribution is -2.19. The summed E-state index contributed by atoms with van der Waals surface area (Å²) in [6.45, 7) is 0. The second kappa shape index (κ2) is 5.35. The lowest BCUT2D eigenvalue weighted by molar-refractivity contribution is 0.0992. The Hall–Kier alpha value is -2.40. The molecule has 0 aliphatic heterocycles. The molecule has 3 aromatic rings. The molecule has 5 nitrogen and oxygen atoms in total. The Kier molecular flexibility index (Phi) is 3.31. The number of fused-ring (bicyclic) bond motifs is 2. The maximum atomic E-state index is 12.0. The van der Waals surface area contributed by atoms with Gasteiger partial charge in [0, 0.05) is 22.2 Å². The topological polar surface area (TPSA) is 73.8 Å². The van der Waals surface area contributed by atoms with Crippen molar-refractivity contribution in [2.75, 3.05) is 0 Å². The SMILES string of the molecule is NC(=O)c1c2c(nn1-c1ccnc3cc(Cl)ccc13)CCCC2. The predicted octanol–water partition coefficient (Wildman–Crippen LogP) is 3.05. The number of pyridine rings is 1. The zero-order valence-corrected chi connectivity index (χ0v) is 13.2. The zero-order valence-electron chi connectivity index (χ0n) is 12.4. The summed E-state index contributed by atoms with van der Waals surface area (Å²) in [4.78, 5) is 16.4. The lowest BCUT2D eigenvalue weighted by atomic mass is 9.96. The average molecular weight is 327 g/mol. The smallest absolute Gasteiger partial charge is 0.267 e. The van der Waals surface area contributed by atoms with Crippen molar-refractivity contribution in [2.24, 2.45) is 5.73 Å². The Morgan fingerprint density at radius 2 is 2.04 bits per heavy atom. The first-order valence-corrected chi connectivity index (χ1v) is 7.98. The minimum absolute atomic E-state index is 0.445. The molecule has 2 heterocycles. The lowest BCUT2D eigenvalue weighted by Gasteiger charge is -2.10. The molecule has 1 amide bonds. The molecule has 0 unspecified atom stereocenters. The number of carbonyl (C=O) groups is 1. The molecule has 0 saturated carbocycles. The Labute approximate surface area is 138 Å². The standard InChI is InChI=1S/C17H15ClN4O/c18-10-5-6-11-14(9-10)20-8-7-15(11)22-16(17(19)23)12-3-1-2-4-13(12)21-22/h5-9H,1-4H2,(H2,19,23). The van der Waals surface area contributed by atoms with Gasteiger partial charge >= 0.3 is 0 Å². The third kappa shape index (κ3) is 2.28. The molecule has 116 valence electrons. The highest BCUT2D eigenvalue weighted by atomic mass is 35.5. The van der Waals surface area contributed by atoms with Crippen molar-refractivity contribution in [3.05, 3.63) is 52.4 Å². The first-order chi connectivity index (χ1) is 11.1. The summed E-state index contributed by atoms with van der Waals surface area (Å²) < 4.78 is 1.68. The minimum atomic E-state index is -0.445. The van der Waals surface area contributed by atoms with E-state index >= 15 is 0 Å². The molecule has 2 N–H and O–H groups in total. The molecule has 0 saturated heterocycles. The van der Waals surface area contributed by atoms with Crippen LogP contribution in [0.1, 0.15) is 34.6 Å². The van der Waals surface area contributed by atoms with Crippen molar-refractivity contribution < 1.29 is 4.79 Å². The van der Waals surface area contributed by atoms with Gasteiger partial charge in [0.25, 0.3) is 5.91 Å². The van der Waals surface area contributed by atoms with E-state index in [1.54, 1.807) is 16.9 Å². The van der Waals surface area contributed by atoms with Crippen molar-refractivity contribution in [3.8, 4) is 5.69 Å². The first kappa shape index (κ1) is 14.2. The molecule has 1 aliphatic rings. The highest BCUT2D eigenvalue weighted by Gasteiger charge is 2.25. The van der Waals surface area contributed by atoms with E-state index in [0.29, 0.717) is 10.7 Å². The van der Waals surface area contributed by atoms with Gasteiger partial charge in [0.2, 0.25) is 0 Å². The van der Waals surface area contributed by atoms with Crippen molar-refractivity contribution in [1.29, 1.82) is 0 Å². The molecule has 0 fully saturated rings. The van der Waals surface area contributed by atoms with Gasteiger partial charge in [-0.2, -0.15) is 5.10 Å². The van der Waals surface area contributed by atoms with Crippen molar-refractivity contribution in [1.82, 2.24) is 14.8 Å². The second-order valence-electron chi connectivity index (χ2n) is 5.75. The number of carbonyl (C=O) groups excluding carboxylic acids is 1. The van der Waals surface area contributed by atoms with Crippen LogP contribution >= 0.6 is 11.6 Å². The van der Waals surface area contributed by atoms with Crippen LogP contribution < -0.4 is 5.73 Å². The van der Waals surface area contributed by atoms with Crippen LogP contribution in [0.5, 0.6) is 0 Å². The Bertz CT molecular complexity index is 932. The molecule has 2 aromatic heterocycles. The summed E-state index contributed by atoms with van der Waals surface area (Å²) >= 11 is 6.04. The number of hydrogen-bond donors (Lipinski definition) is 1. The van der Waals surface area contributed by atoms with Crippen molar-refractivity contribution in [2.45, 2.75) is 25.7 Å². The van der Waals surface area contributed by atoms with Gasteiger partial charge in [0.1, 0.15) is 5.69 Å². The molecule has 1 aliphatic carbocycles. The maximum Gasteiger partial charge on any atom is 0.267 e. The summed E-state index contributed by atoms with van der Waals surface area (Å²) in [5, 5.41) is 6.18. The third-order valence-electron chi connectivity index (χ3n) is 4.30. The Morgan fingerprint density at radius 3 is 2.87 bits per heavy atom. The molecule has 0 radical (unpaired) electrons. The second-order valence-corrected chi connectivity index (χ2v) is 6.18. The molecular formula is C17H15ClN4O. The quantitative estimate of drug-likeness (QED) is 0.786. The van der Waals surface area contributed by atoms with E-state index in [1.807, 2.05) is 18.2 Å². The number of amides is 1. The van der Waals surface area contributed by atoms with E-state index in [9.17, 15) is 4.79 Å². The normalized spacial score (nSPS) is 14.0. The van der Waals surface area contributed by atoms with Gasteiger partial charge in [-0.1, -0.05) is 11.6 Å². The summed E-state index contributed by atoms with van der Waals surface area (Å²) in [5.74, 6) is -0.445. The number of primary amides is 1. The maximum absolute atomic E-state index is 12.0. The van der Waals surface area contributed by atoms with E-state index in [2.05, 4.69) is 10.1 Å². The van der Waals surface area contributed by atoms with Crippen LogP contribution in [0.2, 0.25) is 5.02 Å². The van der Waals surface area contributed by atoms with Crippen LogP contribution in [0, 0.1) is 0 Å². The van der Waals surface area contributed by atoms with Gasteiger partial charge in [0.15, 0.2) is 0 Å². The number of aryl methyl sites for hydroxylation is 1. The van der Waals surface area contributed by atoms with Gasteiger partial charge in [-0.05, 0) is 49.9 Å². The molecule has 1 aromatic carbocycles. The summed E-state index contributed by atoms with van der Waals surface area (Å²) in [6.07, 6.45) is 5.58. The summed E-state index contributed by atoms with van der Waals surface area (Å²) in [6, 6.07) is 7.35. The van der Waals surface area contributed by atoms with Gasteiger partial charge in [-0.25, -0.2) is 4.68 Å². The molecule has 0 spiro atoms. The average Bonchev–Trinajstić information content (AvgIpc) is 2.93. The number of halogens is 1. The number of rotatable bonds is 2. The molecule has 0 atom stereocenters. The monoisotopic (exact) mass is 326 g/mol. The molecule has 0 bridgehead atoms. The largest absolute Gasteiger partial charge is 0.364 e. The van der Waals surface area contributed by atoms with Crippen molar-refractivity contribution in [3.63, 3.8) is 0 Å². The Balaban J connectivity index is 2.01. The van der Waals surface area contributed by atoms with E-state index in [0.717, 1.165) is 53.5 Å². The van der Waals surface area contributed by atoms with Crippen molar-refractivity contribution >= 4 is 28.4 Å². The minimum Gasteiger partial charge on any atom is -0.364 e. The van der Waals surface area contributed by atoms with E-state index in [1.165, 1.54) is 0 Å². The molecule has 6 heteroatoms. The number of nitrogens with zero attached hydrogens (tertiary/aromatic N) is 3. The van der Waals surface area contributed by atoms with Crippen LogP contribution in [0.4, 0.5) is 0 Å². The highest BCUT2D eigenvalue weighted by molar-refractivity contribution is 6.31. The highest BCUT2D eigenvalue weighted by Crippen LogP contribution is 2.29. The van der Waals surface area contributed by atoms with Gasteiger partial charge in [-0.3, -0.25) is 9.78 Å². The fourth-order valence-electron chi connectivity index (χ4n) is 3.27. The van der Waals surface area contributed by atoms with Crippen LogP contribution in [0.3, 0.4) is 0 Å². The number of nitrogens with two attached hydrogens (primary N) is 1. The molecule has 4 rings (SSSR count). The first-order valence-electron chi connectivity index (χ1n) is 7.60. The number of hydrogen-bond acceptors (Lipinski definition) is 3. The van der Waals surface area contributed by atoms with Gasteiger partial charge in [-0.15, -0.1) is 0 Å². The zero-order chi connectivity index (χ0) is 16.0. The van der Waals surface area contributed by atoms with Crippen LogP contribution in [0.15, 0.2) is 30.5 Å². The van der Waals surface area contributed by atoms with E-state index in [4.69, 9.17) is 17.3 Å². The van der Waals surface area contributed by atoms with Crippen LogP contribution in [0.25, 0.3) is 16.6 Å². The van der Waals surface area contributed by atoms with Crippen LogP contribution in [-0.2, 0) is 12.8 Å². The third-order valence-corrected chi connectivity index (χ3v) is 4.54. The summed E-state index contributed by atoms with van der Waals surface area (Å²) in [7, 11) is 0. The summed E-state index contributed by atoms with van der Waals surface area (Å²) in [5.41, 5.74) is 9.67. The number of aromatic nitrogens is 3. The predicted molar refractivity (Wildman–Crippen MR) is 89.0 cm³/mol. The molecule has 23 heavy (non-hydrogen) atoms. The molecular weight excluding hydrogens is 312 g/mol. The number of benzene rings is 1. The van der Waals surface area contributed by atoms with E-state index in [-0.39, 0.29) is 0 Å². The Morgan fingerprint density at radius 1 is 1.22 bits per heavy atom. The fourth-order valence-corrected chi connectivity index (χ4v) is 3.44. The van der Waals surface area contributed by atoms with Crippen LogP contribution in [-0.4, -0.2) is 20.7 Å². The van der Waals surface area contributed by atoms with Gasteiger partial charge < -0.3 is 5.73 Å². The fraction of sp³-hybridized carbons (Fsp3) is 0.235. The van der Waals surface area contributed by atoms with E-state index < -0.39 is 5.91 Å².